The average Bonchev–Trinajstić information content (AvgIpc) is 2.82. The van der Waals surface area contributed by atoms with Gasteiger partial charge in [-0.1, -0.05) is 24.3 Å². The van der Waals surface area contributed by atoms with E-state index in [1.54, 1.807) is 37.4 Å². The maximum Gasteiger partial charge on any atom is 0.242 e. The summed E-state index contributed by atoms with van der Waals surface area (Å²) in [5, 5.41) is 0. The van der Waals surface area contributed by atoms with E-state index >= 15 is 0 Å². The van der Waals surface area contributed by atoms with Gasteiger partial charge in [0.25, 0.3) is 0 Å². The minimum Gasteiger partial charge on any atom is -0.491 e. The average molecular weight is 372 g/mol. The number of amides is 2. The lowest BCUT2D eigenvalue weighted by atomic mass is 10.2. The summed E-state index contributed by atoms with van der Waals surface area (Å²) in [4.78, 5) is 27.8. The van der Waals surface area contributed by atoms with E-state index in [9.17, 15) is 14.0 Å². The second-order valence-electron chi connectivity index (χ2n) is 6.14. The third-order valence-electron chi connectivity index (χ3n) is 4.27. The third-order valence-corrected chi connectivity index (χ3v) is 4.27. The number of nitrogens with zero attached hydrogens (tertiary/aromatic N) is 2. The normalized spacial score (nSPS) is 13.4. The molecule has 0 spiro atoms. The van der Waals surface area contributed by atoms with Crippen LogP contribution in [-0.4, -0.2) is 50.1 Å². The highest BCUT2D eigenvalue weighted by molar-refractivity contribution is 6.00. The summed E-state index contributed by atoms with van der Waals surface area (Å²) in [7, 11) is 1.62. The Hall–Kier alpha value is -3.09. The van der Waals surface area contributed by atoms with Gasteiger partial charge in [-0.3, -0.25) is 14.5 Å². The van der Waals surface area contributed by atoms with Gasteiger partial charge in [-0.05, 0) is 24.3 Å². The quantitative estimate of drug-likeness (QED) is 0.782. The molecule has 0 saturated heterocycles. The molecule has 0 unspecified atom stereocenters. The highest BCUT2D eigenvalue weighted by Gasteiger charge is 2.26. The van der Waals surface area contributed by atoms with E-state index in [1.807, 2.05) is 6.07 Å². The van der Waals surface area contributed by atoms with Crippen LogP contribution in [0, 0.1) is 5.82 Å². The number of fused-ring (bicyclic) bond motifs is 1. The summed E-state index contributed by atoms with van der Waals surface area (Å²) in [5.41, 5.74) is 0.587. The number of halogens is 1. The van der Waals surface area contributed by atoms with Crippen molar-refractivity contribution in [2.75, 3.05) is 38.3 Å². The summed E-state index contributed by atoms with van der Waals surface area (Å²) < 4.78 is 24.5. The van der Waals surface area contributed by atoms with Crippen molar-refractivity contribution < 1.29 is 23.5 Å². The Morgan fingerprint density at radius 1 is 1.22 bits per heavy atom. The fourth-order valence-corrected chi connectivity index (χ4v) is 2.73. The van der Waals surface area contributed by atoms with Gasteiger partial charge in [0.15, 0.2) is 11.6 Å². The third kappa shape index (κ3) is 4.55. The Balaban J connectivity index is 1.59. The van der Waals surface area contributed by atoms with Crippen molar-refractivity contribution in [2.24, 2.45) is 0 Å². The first-order valence-electron chi connectivity index (χ1n) is 8.70. The summed E-state index contributed by atoms with van der Waals surface area (Å²) in [5.74, 6) is -0.117. The van der Waals surface area contributed by atoms with Crippen LogP contribution in [0.5, 0.6) is 11.5 Å². The van der Waals surface area contributed by atoms with Crippen LogP contribution >= 0.6 is 0 Å². The predicted octanol–water partition coefficient (Wildman–Crippen LogP) is 2.48. The fraction of sp³-hybridized carbons (Fsp3) is 0.300. The Morgan fingerprint density at radius 3 is 2.78 bits per heavy atom. The fourth-order valence-electron chi connectivity index (χ4n) is 2.73. The first kappa shape index (κ1) is 18.7. The molecule has 2 amide bonds. The standard InChI is InChI=1S/C20H21FN2O4/c1-22(11-13-27-17-8-4-2-6-15(17)21)20(25)14-23-16-7-3-5-9-18(16)26-12-10-19(23)24/h2-9H,10-14H2,1H3. The number of likely N-dealkylation sites (N-methyl/N-ethyl adjacent to an activating group) is 1. The topological polar surface area (TPSA) is 59.1 Å². The van der Waals surface area contributed by atoms with Crippen LogP contribution in [-0.2, 0) is 9.59 Å². The lowest BCUT2D eigenvalue weighted by Gasteiger charge is -2.24. The second kappa shape index (κ2) is 8.53. The van der Waals surface area contributed by atoms with E-state index < -0.39 is 5.82 Å². The molecule has 3 rings (SSSR count). The smallest absolute Gasteiger partial charge is 0.242 e. The van der Waals surface area contributed by atoms with Crippen LogP contribution in [0.4, 0.5) is 10.1 Å². The Morgan fingerprint density at radius 2 is 1.96 bits per heavy atom. The molecule has 0 N–H and O–H groups in total. The Bertz CT molecular complexity index is 827. The van der Waals surface area contributed by atoms with Crippen molar-refractivity contribution in [3.63, 3.8) is 0 Å². The molecule has 0 bridgehead atoms. The number of ether oxygens (including phenoxy) is 2. The van der Waals surface area contributed by atoms with E-state index in [-0.39, 0.29) is 50.3 Å². The summed E-state index contributed by atoms with van der Waals surface area (Å²) in [6.07, 6.45) is 0.210. The van der Waals surface area contributed by atoms with Crippen LogP contribution in [0.1, 0.15) is 6.42 Å². The van der Waals surface area contributed by atoms with Gasteiger partial charge in [0.05, 0.1) is 25.3 Å². The first-order chi connectivity index (χ1) is 13.1. The Kier molecular flexibility index (Phi) is 5.90. The molecule has 2 aromatic carbocycles. The number of para-hydroxylation sites is 3. The molecule has 27 heavy (non-hydrogen) atoms. The zero-order valence-corrected chi connectivity index (χ0v) is 15.1. The largest absolute Gasteiger partial charge is 0.491 e. The van der Waals surface area contributed by atoms with Gasteiger partial charge in [0, 0.05) is 7.05 Å². The number of carbonyl (C=O) groups excluding carboxylic acids is 2. The van der Waals surface area contributed by atoms with E-state index in [4.69, 9.17) is 9.47 Å². The summed E-state index contributed by atoms with van der Waals surface area (Å²) in [6, 6.07) is 13.3. The summed E-state index contributed by atoms with van der Waals surface area (Å²) >= 11 is 0. The molecule has 1 aliphatic heterocycles. The van der Waals surface area contributed by atoms with Crippen LogP contribution in [0.3, 0.4) is 0 Å². The first-order valence-corrected chi connectivity index (χ1v) is 8.70. The van der Waals surface area contributed by atoms with Gasteiger partial charge in [-0.2, -0.15) is 0 Å². The van der Waals surface area contributed by atoms with Crippen LogP contribution in [0.15, 0.2) is 48.5 Å². The number of hydrogen-bond acceptors (Lipinski definition) is 4. The minimum atomic E-state index is -0.446. The molecule has 7 heteroatoms. The van der Waals surface area contributed by atoms with E-state index in [2.05, 4.69) is 0 Å². The van der Waals surface area contributed by atoms with E-state index in [0.717, 1.165) is 0 Å². The lowest BCUT2D eigenvalue weighted by Crippen LogP contribution is -2.42. The van der Waals surface area contributed by atoms with Crippen molar-refractivity contribution in [1.29, 1.82) is 0 Å². The number of benzene rings is 2. The maximum absolute atomic E-state index is 13.5. The molecule has 0 aromatic heterocycles. The zero-order valence-electron chi connectivity index (χ0n) is 15.1. The molecule has 0 radical (unpaired) electrons. The number of rotatable bonds is 6. The molecular weight excluding hydrogens is 351 g/mol. The molecule has 0 fully saturated rings. The number of anilines is 1. The number of carbonyl (C=O) groups is 2. The van der Waals surface area contributed by atoms with Gasteiger partial charge >= 0.3 is 0 Å². The molecular formula is C20H21FN2O4. The SMILES string of the molecule is CN(CCOc1ccccc1F)C(=O)CN1C(=O)CCOc2ccccc21. The highest BCUT2D eigenvalue weighted by atomic mass is 19.1. The van der Waals surface area contributed by atoms with Crippen LogP contribution in [0.25, 0.3) is 0 Å². The maximum atomic E-state index is 13.5. The Labute approximate surface area is 157 Å². The van der Waals surface area contributed by atoms with Crippen molar-refractivity contribution in [1.82, 2.24) is 4.90 Å². The van der Waals surface area contributed by atoms with Gasteiger partial charge in [0.2, 0.25) is 11.8 Å². The van der Waals surface area contributed by atoms with Crippen LogP contribution < -0.4 is 14.4 Å². The van der Waals surface area contributed by atoms with Crippen molar-refractivity contribution >= 4 is 17.5 Å². The van der Waals surface area contributed by atoms with Gasteiger partial charge in [-0.15, -0.1) is 0 Å². The predicted molar refractivity (Wildman–Crippen MR) is 98.4 cm³/mol. The molecule has 0 saturated carbocycles. The van der Waals surface area contributed by atoms with Gasteiger partial charge in [-0.25, -0.2) is 4.39 Å². The van der Waals surface area contributed by atoms with E-state index in [0.29, 0.717) is 11.4 Å². The molecule has 0 aliphatic carbocycles. The van der Waals surface area contributed by atoms with Crippen LogP contribution in [0.2, 0.25) is 0 Å². The summed E-state index contributed by atoms with van der Waals surface area (Å²) in [6.45, 7) is 0.617. The van der Waals surface area contributed by atoms with Crippen molar-refractivity contribution in [2.45, 2.75) is 6.42 Å². The van der Waals surface area contributed by atoms with E-state index in [1.165, 1.54) is 21.9 Å². The number of hydrogen-bond donors (Lipinski definition) is 0. The molecule has 2 aromatic rings. The molecule has 0 atom stereocenters. The molecule has 6 nitrogen and oxygen atoms in total. The molecule has 1 aliphatic rings. The van der Waals surface area contributed by atoms with Crippen molar-refractivity contribution in [3.8, 4) is 11.5 Å². The van der Waals surface area contributed by atoms with Gasteiger partial charge < -0.3 is 14.4 Å². The lowest BCUT2D eigenvalue weighted by molar-refractivity contribution is -0.130. The minimum absolute atomic E-state index is 0.0879. The zero-order chi connectivity index (χ0) is 19.2. The van der Waals surface area contributed by atoms with Gasteiger partial charge in [0.1, 0.15) is 18.9 Å². The molecule has 142 valence electrons. The highest BCUT2D eigenvalue weighted by Crippen LogP contribution is 2.30. The second-order valence-corrected chi connectivity index (χ2v) is 6.14. The monoisotopic (exact) mass is 372 g/mol. The van der Waals surface area contributed by atoms with Crippen molar-refractivity contribution in [3.05, 3.63) is 54.3 Å². The molecule has 1 heterocycles.